The van der Waals surface area contributed by atoms with Crippen LogP contribution in [0.5, 0.6) is 23.0 Å². The molecule has 0 radical (unpaired) electrons. The minimum absolute atomic E-state index is 0.0542. The van der Waals surface area contributed by atoms with Crippen LogP contribution in [0.3, 0.4) is 0 Å². The van der Waals surface area contributed by atoms with Crippen molar-refractivity contribution in [2.45, 2.75) is 19.9 Å². The Bertz CT molecular complexity index is 877. The summed E-state index contributed by atoms with van der Waals surface area (Å²) < 4.78 is 21.4. The van der Waals surface area contributed by atoms with Crippen molar-refractivity contribution in [3.05, 3.63) is 53.6 Å². The van der Waals surface area contributed by atoms with E-state index in [9.17, 15) is 9.59 Å². The molecule has 0 fully saturated rings. The van der Waals surface area contributed by atoms with Gasteiger partial charge in [-0.05, 0) is 61.9 Å². The molecule has 7 nitrogen and oxygen atoms in total. The second-order valence-electron chi connectivity index (χ2n) is 6.69. The molecule has 0 aromatic heterocycles. The van der Waals surface area contributed by atoms with E-state index in [1.165, 1.54) is 27.4 Å². The van der Waals surface area contributed by atoms with Crippen molar-refractivity contribution in [3.8, 4) is 23.0 Å². The van der Waals surface area contributed by atoms with E-state index in [0.29, 0.717) is 28.6 Å². The Morgan fingerprint density at radius 2 is 1.57 bits per heavy atom. The second-order valence-corrected chi connectivity index (χ2v) is 6.69. The largest absolute Gasteiger partial charge is 0.493 e. The molecule has 0 aliphatic rings. The van der Waals surface area contributed by atoms with Gasteiger partial charge in [0.1, 0.15) is 5.75 Å². The van der Waals surface area contributed by atoms with E-state index in [1.54, 1.807) is 42.5 Å². The van der Waals surface area contributed by atoms with Gasteiger partial charge in [-0.2, -0.15) is 0 Å². The molecular weight excluding hydrogens is 386 g/mol. The minimum atomic E-state index is -0.196. The van der Waals surface area contributed by atoms with Crippen molar-refractivity contribution in [1.82, 2.24) is 5.32 Å². The molecule has 2 aromatic carbocycles. The molecule has 0 heterocycles. The minimum Gasteiger partial charge on any atom is -0.493 e. The van der Waals surface area contributed by atoms with Crippen molar-refractivity contribution in [2.75, 3.05) is 27.9 Å². The molecule has 1 N–H and O–H groups in total. The highest BCUT2D eigenvalue weighted by molar-refractivity contribution is 6.06. The van der Waals surface area contributed by atoms with Gasteiger partial charge in [-0.15, -0.1) is 0 Å². The average molecular weight is 413 g/mol. The number of benzene rings is 2. The number of ether oxygens (including phenoxy) is 4. The van der Waals surface area contributed by atoms with Crippen molar-refractivity contribution in [1.29, 1.82) is 0 Å². The fraction of sp³-hybridized carbons (Fsp3) is 0.304. The third-order valence-electron chi connectivity index (χ3n) is 4.07. The van der Waals surface area contributed by atoms with Gasteiger partial charge in [-0.1, -0.05) is 6.08 Å². The first-order chi connectivity index (χ1) is 14.4. The number of hydrogen-bond donors (Lipinski definition) is 1. The van der Waals surface area contributed by atoms with Gasteiger partial charge in [0.2, 0.25) is 5.75 Å². The summed E-state index contributed by atoms with van der Waals surface area (Å²) >= 11 is 0. The predicted molar refractivity (Wildman–Crippen MR) is 115 cm³/mol. The Balaban J connectivity index is 2.05. The topological polar surface area (TPSA) is 83.1 Å². The van der Waals surface area contributed by atoms with Gasteiger partial charge >= 0.3 is 0 Å². The molecule has 7 heteroatoms. The zero-order chi connectivity index (χ0) is 22.1. The molecule has 0 saturated carbocycles. The summed E-state index contributed by atoms with van der Waals surface area (Å²) in [6.07, 6.45) is 3.14. The molecule has 2 rings (SSSR count). The maximum Gasteiger partial charge on any atom is 0.258 e. The smallest absolute Gasteiger partial charge is 0.258 e. The Kier molecular flexibility index (Phi) is 8.29. The first kappa shape index (κ1) is 22.8. The van der Waals surface area contributed by atoms with Crippen LogP contribution in [-0.4, -0.2) is 45.7 Å². The monoisotopic (exact) mass is 413 g/mol. The summed E-state index contributed by atoms with van der Waals surface area (Å²) in [4.78, 5) is 24.1. The van der Waals surface area contributed by atoms with Gasteiger partial charge < -0.3 is 24.3 Å². The Morgan fingerprint density at radius 3 is 2.07 bits per heavy atom. The first-order valence-corrected chi connectivity index (χ1v) is 9.42. The molecule has 30 heavy (non-hydrogen) atoms. The van der Waals surface area contributed by atoms with E-state index >= 15 is 0 Å². The van der Waals surface area contributed by atoms with Gasteiger partial charge in [0.05, 0.1) is 21.3 Å². The van der Waals surface area contributed by atoms with Crippen LogP contribution >= 0.6 is 0 Å². The summed E-state index contributed by atoms with van der Waals surface area (Å²) in [5.74, 6) is 1.64. The van der Waals surface area contributed by atoms with E-state index in [1.807, 2.05) is 13.8 Å². The molecule has 2 aromatic rings. The summed E-state index contributed by atoms with van der Waals surface area (Å²) in [6, 6.07) is 10.2. The highest BCUT2D eigenvalue weighted by Crippen LogP contribution is 2.38. The van der Waals surface area contributed by atoms with Crippen LogP contribution in [-0.2, 0) is 4.79 Å². The molecule has 0 saturated heterocycles. The molecule has 0 unspecified atom stereocenters. The fourth-order valence-corrected chi connectivity index (χ4v) is 2.69. The van der Waals surface area contributed by atoms with Crippen LogP contribution in [0.4, 0.5) is 0 Å². The highest BCUT2D eigenvalue weighted by atomic mass is 16.5. The Hall–Kier alpha value is -3.48. The van der Waals surface area contributed by atoms with Crippen molar-refractivity contribution < 1.29 is 28.5 Å². The van der Waals surface area contributed by atoms with Gasteiger partial charge in [0.15, 0.2) is 23.9 Å². The zero-order valence-corrected chi connectivity index (χ0v) is 17.9. The van der Waals surface area contributed by atoms with Crippen LogP contribution < -0.4 is 24.3 Å². The van der Waals surface area contributed by atoms with E-state index in [2.05, 4.69) is 5.32 Å². The Labute approximate surface area is 176 Å². The van der Waals surface area contributed by atoms with E-state index in [4.69, 9.17) is 18.9 Å². The SMILES string of the molecule is COc1cc(/C=C/C(=O)c2ccc(OCC(=O)NC(C)C)cc2)cc(OC)c1OC. The molecule has 0 bridgehead atoms. The van der Waals surface area contributed by atoms with Gasteiger partial charge in [-0.3, -0.25) is 9.59 Å². The summed E-state index contributed by atoms with van der Waals surface area (Å²) in [6.45, 7) is 3.68. The van der Waals surface area contributed by atoms with Crippen LogP contribution in [0, 0.1) is 0 Å². The first-order valence-electron chi connectivity index (χ1n) is 9.42. The van der Waals surface area contributed by atoms with E-state index in [-0.39, 0.29) is 24.3 Å². The normalized spacial score (nSPS) is 10.7. The zero-order valence-electron chi connectivity index (χ0n) is 17.9. The summed E-state index contributed by atoms with van der Waals surface area (Å²) in [5.41, 5.74) is 1.23. The highest BCUT2D eigenvalue weighted by Gasteiger charge is 2.12. The Morgan fingerprint density at radius 1 is 0.967 bits per heavy atom. The van der Waals surface area contributed by atoms with Crippen LogP contribution in [0.15, 0.2) is 42.5 Å². The van der Waals surface area contributed by atoms with Crippen molar-refractivity contribution in [2.24, 2.45) is 0 Å². The lowest BCUT2D eigenvalue weighted by molar-refractivity contribution is -0.123. The average Bonchev–Trinajstić information content (AvgIpc) is 2.75. The van der Waals surface area contributed by atoms with Crippen LogP contribution in [0.25, 0.3) is 6.08 Å². The number of allylic oxidation sites excluding steroid dienone is 1. The summed E-state index contributed by atoms with van der Waals surface area (Å²) in [7, 11) is 4.60. The molecule has 0 spiro atoms. The van der Waals surface area contributed by atoms with Crippen molar-refractivity contribution in [3.63, 3.8) is 0 Å². The number of ketones is 1. The number of hydrogen-bond acceptors (Lipinski definition) is 6. The molecule has 1 amide bonds. The predicted octanol–water partition coefficient (Wildman–Crippen LogP) is 3.51. The third kappa shape index (κ3) is 6.27. The van der Waals surface area contributed by atoms with E-state index < -0.39 is 0 Å². The molecule has 160 valence electrons. The van der Waals surface area contributed by atoms with Gasteiger partial charge in [0, 0.05) is 11.6 Å². The number of carbonyl (C=O) groups excluding carboxylic acids is 2. The molecule has 0 aliphatic heterocycles. The lowest BCUT2D eigenvalue weighted by Gasteiger charge is -2.12. The van der Waals surface area contributed by atoms with Crippen molar-refractivity contribution >= 4 is 17.8 Å². The van der Waals surface area contributed by atoms with E-state index in [0.717, 1.165) is 5.56 Å². The number of amides is 1. The van der Waals surface area contributed by atoms with Crippen LogP contribution in [0.1, 0.15) is 29.8 Å². The quantitative estimate of drug-likeness (QED) is 0.474. The second kappa shape index (κ2) is 10.9. The lowest BCUT2D eigenvalue weighted by atomic mass is 10.1. The maximum atomic E-state index is 12.5. The van der Waals surface area contributed by atoms with Crippen LogP contribution in [0.2, 0.25) is 0 Å². The lowest BCUT2D eigenvalue weighted by Crippen LogP contribution is -2.34. The number of rotatable bonds is 10. The summed E-state index contributed by atoms with van der Waals surface area (Å²) in [5, 5.41) is 2.75. The van der Waals surface area contributed by atoms with Gasteiger partial charge in [0.25, 0.3) is 5.91 Å². The molecule has 0 atom stereocenters. The molecular formula is C23H27NO6. The number of nitrogens with one attached hydrogen (secondary N) is 1. The number of methoxy groups -OCH3 is 3. The number of carbonyl (C=O) groups is 2. The third-order valence-corrected chi connectivity index (χ3v) is 4.07. The van der Waals surface area contributed by atoms with Gasteiger partial charge in [-0.25, -0.2) is 0 Å². The molecule has 0 aliphatic carbocycles. The maximum absolute atomic E-state index is 12.5. The fourth-order valence-electron chi connectivity index (χ4n) is 2.69. The standard InChI is InChI=1S/C23H27NO6/c1-15(2)24-22(26)14-30-18-9-7-17(8-10-18)19(25)11-6-16-12-20(27-3)23(29-5)21(13-16)28-4/h6-13,15H,14H2,1-5H3,(H,24,26)/b11-6+.